The zero-order chi connectivity index (χ0) is 86.7. The molecule has 0 atom stereocenters. The van der Waals surface area contributed by atoms with Gasteiger partial charge in [-0.3, -0.25) is 18.2 Å². The number of aromatic nitrogens is 13. The SMILES string of the molecule is c1cc(-c2ccc(-c3cccc(-c4ccncc4)n3)cc2)cc(-c2nc3ccccc3c3nc4ccccn4c23)c1.c1ccc(-c2cc(-c3ccc(-c4ccc(-c5nc6ccccc6c6nc7ccccn7c56)cc4)cc3)nc(-c3ccccc3)n2)cc1.c1ccc2cc(-c3ccc4cc(-c5ccc(-c6nc7ccccc7c7nc8ccccn8c67)cc5)ccc4c3)ccc2c1. The number of nitrogens with zero attached hydrogens (tertiary/aromatic N) is 13. The van der Waals surface area contributed by atoms with E-state index in [0.29, 0.717) is 5.82 Å². The van der Waals surface area contributed by atoms with Crippen molar-refractivity contribution in [3.05, 3.63) is 456 Å². The van der Waals surface area contributed by atoms with Crippen LogP contribution in [0.1, 0.15) is 0 Å². The zero-order valence-corrected chi connectivity index (χ0v) is 70.6. The summed E-state index contributed by atoms with van der Waals surface area (Å²) in [4.78, 5) is 49.3. The van der Waals surface area contributed by atoms with E-state index in [4.69, 9.17) is 44.9 Å². The highest BCUT2D eigenvalue weighted by Gasteiger charge is 2.22. The van der Waals surface area contributed by atoms with Gasteiger partial charge in [0.2, 0.25) is 0 Å². The number of hydrogen-bond donors (Lipinski definition) is 0. The summed E-state index contributed by atoms with van der Waals surface area (Å²) < 4.78 is 6.42. The topological polar surface area (TPSA) is 142 Å². The van der Waals surface area contributed by atoms with Crippen molar-refractivity contribution in [1.82, 2.24) is 63.0 Å². The van der Waals surface area contributed by atoms with Gasteiger partial charge in [0.25, 0.3) is 0 Å². The quantitative estimate of drug-likeness (QED) is 0.116. The molecule has 0 radical (unpaired) electrons. The molecular weight excluding hydrogens is 1600 g/mol. The average Bonchev–Trinajstić information content (AvgIpc) is 1.60. The maximum Gasteiger partial charge on any atom is 0.160 e. The van der Waals surface area contributed by atoms with Crippen LogP contribution in [-0.4, -0.2) is 63.0 Å². The molecule has 13 nitrogen and oxygen atoms in total. The van der Waals surface area contributed by atoms with Gasteiger partial charge in [-0.05, 0) is 175 Å². The Morgan fingerprint density at radius 2 is 0.481 bits per heavy atom. The second-order valence-electron chi connectivity index (χ2n) is 32.7. The number of imidazole rings is 3. The van der Waals surface area contributed by atoms with Crippen LogP contribution in [-0.2, 0) is 0 Å². The second-order valence-corrected chi connectivity index (χ2v) is 32.7. The van der Waals surface area contributed by atoms with E-state index in [2.05, 4.69) is 310 Å². The summed E-state index contributed by atoms with van der Waals surface area (Å²) in [5.74, 6) is 0.712. The highest BCUT2D eigenvalue weighted by atomic mass is 15.0. The molecule has 0 aliphatic carbocycles. The number of hydrogen-bond acceptors (Lipinski definition) is 10. The van der Waals surface area contributed by atoms with Crippen molar-refractivity contribution < 1.29 is 0 Å². The molecule has 0 N–H and O–H groups in total. The van der Waals surface area contributed by atoms with Crippen molar-refractivity contribution in [2.45, 2.75) is 0 Å². The van der Waals surface area contributed by atoms with Crippen LogP contribution in [0.25, 0.3) is 239 Å². The van der Waals surface area contributed by atoms with Gasteiger partial charge in [0.15, 0.2) is 5.82 Å². The van der Waals surface area contributed by atoms with Gasteiger partial charge in [0.05, 0.1) is 73.0 Å². The molecule has 13 heteroatoms. The Kier molecular flexibility index (Phi) is 19.2. The van der Waals surface area contributed by atoms with Crippen molar-refractivity contribution >= 4 is 104 Å². The third-order valence-corrected chi connectivity index (χ3v) is 24.7. The van der Waals surface area contributed by atoms with Crippen LogP contribution in [0.15, 0.2) is 456 Å². The molecule has 0 bridgehead atoms. The first-order valence-electron chi connectivity index (χ1n) is 43.8. The third kappa shape index (κ3) is 14.5. The first-order chi connectivity index (χ1) is 64.9. The molecule has 26 rings (SSSR count). The normalized spacial score (nSPS) is 11.5. The number of rotatable bonds is 12. The van der Waals surface area contributed by atoms with Gasteiger partial charge in [-0.15, -0.1) is 0 Å². The van der Waals surface area contributed by atoms with E-state index in [1.807, 2.05) is 152 Å². The molecule has 0 saturated heterocycles. The Morgan fingerprint density at radius 1 is 0.168 bits per heavy atom. The summed E-state index contributed by atoms with van der Waals surface area (Å²) in [5.41, 5.74) is 35.8. The molecule has 131 heavy (non-hydrogen) atoms. The van der Waals surface area contributed by atoms with E-state index >= 15 is 0 Å². The molecule has 612 valence electrons. The Bertz CT molecular complexity index is 8830. The molecule has 14 aromatic carbocycles. The fourth-order valence-corrected chi connectivity index (χ4v) is 18.1. The van der Waals surface area contributed by atoms with Crippen LogP contribution in [0.5, 0.6) is 0 Å². The van der Waals surface area contributed by atoms with Gasteiger partial charge in [-0.25, -0.2) is 44.9 Å². The summed E-state index contributed by atoms with van der Waals surface area (Å²) in [6, 6.07) is 147. The highest BCUT2D eigenvalue weighted by Crippen LogP contribution is 2.41. The number of para-hydroxylation sites is 3. The molecule has 0 spiro atoms. The summed E-state index contributed by atoms with van der Waals surface area (Å²) >= 11 is 0. The fourth-order valence-electron chi connectivity index (χ4n) is 18.1. The second kappa shape index (κ2) is 32.9. The third-order valence-electron chi connectivity index (χ3n) is 24.7. The smallest absolute Gasteiger partial charge is 0.160 e. The molecule has 0 aliphatic rings. The average molecular weight is 1670 g/mol. The van der Waals surface area contributed by atoms with E-state index in [1.165, 1.54) is 43.8 Å². The first kappa shape index (κ1) is 76.7. The Morgan fingerprint density at radius 3 is 0.954 bits per heavy atom. The number of pyridine rings is 8. The monoisotopic (exact) mass is 1670 g/mol. The maximum absolute atomic E-state index is 5.14. The summed E-state index contributed by atoms with van der Waals surface area (Å²) in [7, 11) is 0. The first-order valence-corrected chi connectivity index (χ1v) is 43.8. The Balaban J connectivity index is 0.000000109. The maximum atomic E-state index is 5.14. The molecule has 12 heterocycles. The largest absolute Gasteiger partial charge is 0.298 e. The lowest BCUT2D eigenvalue weighted by atomic mass is 9.96. The van der Waals surface area contributed by atoms with Crippen LogP contribution in [0.4, 0.5) is 0 Å². The molecule has 0 amide bonds. The van der Waals surface area contributed by atoms with Crippen molar-refractivity contribution in [2.75, 3.05) is 0 Å². The molecule has 12 aromatic heterocycles. The van der Waals surface area contributed by atoms with Crippen molar-refractivity contribution in [3.8, 4) is 135 Å². The molecule has 0 saturated carbocycles. The number of fused-ring (bicyclic) bond motifs is 17. The highest BCUT2D eigenvalue weighted by molar-refractivity contribution is 6.12. The van der Waals surface area contributed by atoms with E-state index in [0.717, 1.165) is 189 Å². The molecule has 0 fully saturated rings. The summed E-state index contributed by atoms with van der Waals surface area (Å²) in [6.07, 6.45) is 9.77. The lowest BCUT2D eigenvalue weighted by Crippen LogP contribution is -1.95. The van der Waals surface area contributed by atoms with E-state index in [9.17, 15) is 0 Å². The number of benzene rings is 14. The standard InChI is InChI=1S/C42H27N5.C40H25N3.C36H23N5/c1-3-11-30(12-4-1)36-27-37(45-42(44-36)33-13-5-2-6-14-33)31-22-18-28(19-23-31)29-20-24-32(25-21-29)39-41-40(34-15-7-8-16-35(34)43-39)46-38-17-9-10-26-47(38)41;1-2-8-29-23-31(17-14-26(29)7-1)34-21-20-32-24-30(18-19-33(32)25-34)27-12-15-28(16-13-27)38-40-39(35-9-3-4-10-36(35)41-38)42-37-11-5-6-22-43(37)40;1-2-10-32-29(9-1)35-36(41-22-4-3-13-33(41)40-35)34(39-32)28-8-5-7-27(23-28)24-14-16-25(17-15-24)30-11-6-12-31(38-30)26-18-20-37-21-19-26/h1-27H;1-25H;1-23H. The van der Waals surface area contributed by atoms with E-state index in [1.54, 1.807) is 12.4 Å². The van der Waals surface area contributed by atoms with Gasteiger partial charge in [-0.2, -0.15) is 0 Å². The van der Waals surface area contributed by atoms with Crippen molar-refractivity contribution in [2.24, 2.45) is 0 Å². The van der Waals surface area contributed by atoms with Crippen LogP contribution < -0.4 is 0 Å². The lowest BCUT2D eigenvalue weighted by Gasteiger charge is -2.11. The Labute approximate surface area is 752 Å². The van der Waals surface area contributed by atoms with Crippen LogP contribution in [0.3, 0.4) is 0 Å². The Hall–Kier alpha value is -17.9. The predicted octanol–water partition coefficient (Wildman–Crippen LogP) is 29.0. The summed E-state index contributed by atoms with van der Waals surface area (Å²) in [5, 5.41) is 8.19. The van der Waals surface area contributed by atoms with Crippen molar-refractivity contribution in [3.63, 3.8) is 0 Å². The van der Waals surface area contributed by atoms with Gasteiger partial charge >= 0.3 is 0 Å². The molecule has 26 aromatic rings. The van der Waals surface area contributed by atoms with Gasteiger partial charge in [0, 0.05) is 91.7 Å². The molecular formula is C118H75N13. The minimum atomic E-state index is 0.712. The van der Waals surface area contributed by atoms with Crippen LogP contribution in [0, 0.1) is 0 Å². The van der Waals surface area contributed by atoms with Crippen molar-refractivity contribution in [1.29, 1.82) is 0 Å². The fraction of sp³-hybridized carbons (Fsp3) is 0. The van der Waals surface area contributed by atoms with E-state index in [-0.39, 0.29) is 0 Å². The molecule has 0 unspecified atom stereocenters. The minimum absolute atomic E-state index is 0.712. The predicted molar refractivity (Wildman–Crippen MR) is 535 cm³/mol. The van der Waals surface area contributed by atoms with Gasteiger partial charge in [0.1, 0.15) is 33.5 Å². The summed E-state index contributed by atoms with van der Waals surface area (Å²) in [6.45, 7) is 0. The van der Waals surface area contributed by atoms with Gasteiger partial charge in [-0.1, -0.05) is 315 Å². The van der Waals surface area contributed by atoms with E-state index < -0.39 is 0 Å². The van der Waals surface area contributed by atoms with Gasteiger partial charge < -0.3 is 0 Å². The minimum Gasteiger partial charge on any atom is -0.298 e. The van der Waals surface area contributed by atoms with Crippen LogP contribution >= 0.6 is 0 Å². The molecule has 0 aliphatic heterocycles. The lowest BCUT2D eigenvalue weighted by molar-refractivity contribution is 1.18. The van der Waals surface area contributed by atoms with Crippen LogP contribution in [0.2, 0.25) is 0 Å². The zero-order valence-electron chi connectivity index (χ0n) is 70.6.